The largest absolute Gasteiger partial charge is 0.465 e. The second-order valence-corrected chi connectivity index (χ2v) is 5.19. The Hall–Kier alpha value is -3.08. The Labute approximate surface area is 133 Å². The third kappa shape index (κ3) is 2.81. The Bertz CT molecular complexity index is 882. The number of carbonyl (C=O) groups is 2. The van der Waals surface area contributed by atoms with Crippen molar-refractivity contribution < 1.29 is 14.3 Å². The fourth-order valence-corrected chi connectivity index (χ4v) is 2.66. The molecular weight excluding hydrogens is 292 g/mol. The zero-order chi connectivity index (χ0) is 16.4. The molecule has 0 fully saturated rings. The van der Waals surface area contributed by atoms with E-state index >= 15 is 0 Å². The smallest absolute Gasteiger partial charge is 0.338 e. The van der Waals surface area contributed by atoms with Gasteiger partial charge in [-0.2, -0.15) is 0 Å². The van der Waals surface area contributed by atoms with E-state index in [-0.39, 0.29) is 5.91 Å². The average molecular weight is 308 g/mol. The van der Waals surface area contributed by atoms with Crippen LogP contribution in [0, 0.1) is 0 Å². The third-order valence-corrected chi connectivity index (χ3v) is 3.59. The predicted molar refractivity (Wildman–Crippen MR) is 89.4 cm³/mol. The molecule has 0 aliphatic rings. The van der Waals surface area contributed by atoms with Crippen LogP contribution in [0.4, 0.5) is 5.69 Å². The van der Waals surface area contributed by atoms with Crippen molar-refractivity contribution in [2.75, 3.05) is 12.4 Å². The van der Waals surface area contributed by atoms with Gasteiger partial charge in [0, 0.05) is 35.3 Å². The zero-order valence-corrected chi connectivity index (χ0v) is 12.8. The summed E-state index contributed by atoms with van der Waals surface area (Å²) in [5, 5.41) is 3.47. The minimum absolute atomic E-state index is 0.199. The Balaban J connectivity index is 2.26. The molecule has 2 aromatic carbocycles. The molecule has 0 unspecified atom stereocenters. The van der Waals surface area contributed by atoms with Gasteiger partial charge in [0.05, 0.1) is 12.7 Å². The molecule has 5 heteroatoms. The zero-order valence-electron chi connectivity index (χ0n) is 12.8. The van der Waals surface area contributed by atoms with Crippen LogP contribution >= 0.6 is 0 Å². The normalized spacial score (nSPS) is 10.5. The number of carbonyl (C=O) groups excluding carboxylic acids is 2. The molecule has 0 spiro atoms. The molecule has 0 aliphatic carbocycles. The van der Waals surface area contributed by atoms with Crippen LogP contribution in [0.5, 0.6) is 0 Å². The number of aromatic amines is 1. The number of hydrogen-bond acceptors (Lipinski definition) is 3. The second kappa shape index (κ2) is 5.96. The fraction of sp³-hybridized carbons (Fsp3) is 0.111. The van der Waals surface area contributed by atoms with E-state index in [2.05, 4.69) is 10.3 Å². The lowest BCUT2D eigenvalue weighted by molar-refractivity contribution is -0.114. The van der Waals surface area contributed by atoms with Gasteiger partial charge in [-0.05, 0) is 17.7 Å². The van der Waals surface area contributed by atoms with E-state index in [0.29, 0.717) is 11.3 Å². The first-order chi connectivity index (χ1) is 11.1. The SMILES string of the molecule is COC(=O)c1cc(NC(C)=O)cc2[nH]cc(-c3ccccc3)c12. The van der Waals surface area contributed by atoms with E-state index < -0.39 is 5.97 Å². The van der Waals surface area contributed by atoms with Crippen molar-refractivity contribution in [2.45, 2.75) is 6.92 Å². The first kappa shape index (κ1) is 14.8. The van der Waals surface area contributed by atoms with Crippen molar-refractivity contribution in [1.29, 1.82) is 0 Å². The molecule has 2 N–H and O–H groups in total. The Morgan fingerprint density at radius 3 is 2.52 bits per heavy atom. The number of rotatable bonds is 3. The molecule has 0 radical (unpaired) electrons. The van der Waals surface area contributed by atoms with Gasteiger partial charge < -0.3 is 15.0 Å². The standard InChI is InChI=1S/C18H16N2O3/c1-11(21)20-13-8-14(18(22)23-2)17-15(10-19-16(17)9-13)12-6-4-3-5-7-12/h3-10,19H,1-2H3,(H,20,21). The average Bonchev–Trinajstić information content (AvgIpc) is 2.97. The van der Waals surface area contributed by atoms with Crippen molar-refractivity contribution in [3.05, 3.63) is 54.2 Å². The molecule has 3 aromatic rings. The van der Waals surface area contributed by atoms with Crippen LogP contribution in [0.2, 0.25) is 0 Å². The molecule has 0 saturated carbocycles. The first-order valence-corrected chi connectivity index (χ1v) is 7.16. The number of anilines is 1. The Morgan fingerprint density at radius 1 is 1.13 bits per heavy atom. The maximum Gasteiger partial charge on any atom is 0.338 e. The number of aromatic nitrogens is 1. The summed E-state index contributed by atoms with van der Waals surface area (Å²) in [5.74, 6) is -0.644. The van der Waals surface area contributed by atoms with Gasteiger partial charge in [-0.3, -0.25) is 4.79 Å². The van der Waals surface area contributed by atoms with E-state index in [0.717, 1.165) is 22.0 Å². The van der Waals surface area contributed by atoms with Gasteiger partial charge in [0.1, 0.15) is 0 Å². The van der Waals surface area contributed by atoms with Gasteiger partial charge in [-0.25, -0.2) is 4.79 Å². The van der Waals surface area contributed by atoms with Crippen LogP contribution in [0.25, 0.3) is 22.0 Å². The highest BCUT2D eigenvalue weighted by atomic mass is 16.5. The maximum atomic E-state index is 12.2. The second-order valence-electron chi connectivity index (χ2n) is 5.19. The summed E-state index contributed by atoms with van der Waals surface area (Å²) >= 11 is 0. The van der Waals surface area contributed by atoms with Crippen molar-refractivity contribution in [2.24, 2.45) is 0 Å². The minimum Gasteiger partial charge on any atom is -0.465 e. The molecule has 1 aromatic heterocycles. The monoisotopic (exact) mass is 308 g/mol. The van der Waals surface area contributed by atoms with Gasteiger partial charge >= 0.3 is 5.97 Å². The molecule has 0 bridgehead atoms. The number of hydrogen-bond donors (Lipinski definition) is 2. The summed E-state index contributed by atoms with van der Waals surface area (Å²) in [5.41, 5.74) is 3.63. The predicted octanol–water partition coefficient (Wildman–Crippen LogP) is 3.58. The first-order valence-electron chi connectivity index (χ1n) is 7.16. The van der Waals surface area contributed by atoms with Gasteiger partial charge in [0.2, 0.25) is 5.91 Å². The van der Waals surface area contributed by atoms with Gasteiger partial charge in [0.25, 0.3) is 0 Å². The summed E-state index contributed by atoms with van der Waals surface area (Å²) in [7, 11) is 1.34. The van der Waals surface area contributed by atoms with Crippen LogP contribution in [0.15, 0.2) is 48.7 Å². The van der Waals surface area contributed by atoms with E-state index in [1.807, 2.05) is 36.5 Å². The van der Waals surface area contributed by atoms with Crippen LogP contribution in [-0.2, 0) is 9.53 Å². The van der Waals surface area contributed by atoms with Crippen molar-refractivity contribution >= 4 is 28.5 Å². The highest BCUT2D eigenvalue weighted by molar-refractivity contribution is 6.12. The molecule has 1 amide bonds. The number of methoxy groups -OCH3 is 1. The van der Waals surface area contributed by atoms with Crippen LogP contribution in [0.1, 0.15) is 17.3 Å². The lowest BCUT2D eigenvalue weighted by Crippen LogP contribution is -2.08. The van der Waals surface area contributed by atoms with E-state index in [1.54, 1.807) is 12.1 Å². The molecular formula is C18H16N2O3. The Morgan fingerprint density at radius 2 is 1.87 bits per heavy atom. The quantitative estimate of drug-likeness (QED) is 0.726. The van der Waals surface area contributed by atoms with Crippen molar-refractivity contribution in [1.82, 2.24) is 4.98 Å². The number of H-pyrrole nitrogens is 1. The van der Waals surface area contributed by atoms with E-state index in [9.17, 15) is 9.59 Å². The Kier molecular flexibility index (Phi) is 3.85. The number of esters is 1. The van der Waals surface area contributed by atoms with Crippen LogP contribution in [-0.4, -0.2) is 24.0 Å². The molecule has 0 aliphatic heterocycles. The molecule has 23 heavy (non-hydrogen) atoms. The van der Waals surface area contributed by atoms with Crippen LogP contribution in [0.3, 0.4) is 0 Å². The van der Waals surface area contributed by atoms with Gasteiger partial charge in [0.15, 0.2) is 0 Å². The van der Waals surface area contributed by atoms with E-state index in [1.165, 1.54) is 14.0 Å². The number of nitrogens with one attached hydrogen (secondary N) is 2. The maximum absolute atomic E-state index is 12.2. The summed E-state index contributed by atoms with van der Waals surface area (Å²) in [4.78, 5) is 26.6. The number of ether oxygens (including phenoxy) is 1. The number of fused-ring (bicyclic) bond motifs is 1. The summed E-state index contributed by atoms with van der Waals surface area (Å²) in [6.07, 6.45) is 1.85. The summed E-state index contributed by atoms with van der Waals surface area (Å²) in [6, 6.07) is 13.2. The van der Waals surface area contributed by atoms with Gasteiger partial charge in [-0.1, -0.05) is 30.3 Å². The number of benzene rings is 2. The van der Waals surface area contributed by atoms with E-state index in [4.69, 9.17) is 4.74 Å². The molecule has 3 rings (SSSR count). The van der Waals surface area contributed by atoms with Crippen molar-refractivity contribution in [3.63, 3.8) is 0 Å². The molecule has 0 atom stereocenters. The highest BCUT2D eigenvalue weighted by Gasteiger charge is 2.18. The molecule has 1 heterocycles. The fourth-order valence-electron chi connectivity index (χ4n) is 2.66. The molecule has 5 nitrogen and oxygen atoms in total. The lowest BCUT2D eigenvalue weighted by atomic mass is 10.00. The highest BCUT2D eigenvalue weighted by Crippen LogP contribution is 2.33. The third-order valence-electron chi connectivity index (χ3n) is 3.59. The number of amides is 1. The summed E-state index contributed by atoms with van der Waals surface area (Å²) in [6.45, 7) is 1.42. The van der Waals surface area contributed by atoms with Crippen molar-refractivity contribution in [3.8, 4) is 11.1 Å². The van der Waals surface area contributed by atoms with Crippen LogP contribution < -0.4 is 5.32 Å². The summed E-state index contributed by atoms with van der Waals surface area (Å²) < 4.78 is 4.90. The van der Waals surface area contributed by atoms with Gasteiger partial charge in [-0.15, -0.1) is 0 Å². The molecule has 0 saturated heterocycles. The topological polar surface area (TPSA) is 71.2 Å². The molecule has 116 valence electrons. The lowest BCUT2D eigenvalue weighted by Gasteiger charge is -2.09. The minimum atomic E-state index is -0.445.